The van der Waals surface area contributed by atoms with E-state index in [1.54, 1.807) is 36.3 Å². The van der Waals surface area contributed by atoms with Crippen molar-refractivity contribution in [3.8, 4) is 28.4 Å². The van der Waals surface area contributed by atoms with E-state index >= 15 is 0 Å². The van der Waals surface area contributed by atoms with Crippen molar-refractivity contribution >= 4 is 27.4 Å². The number of aryl methyl sites for hydroxylation is 2. The third-order valence-corrected chi connectivity index (χ3v) is 6.23. The molecule has 0 atom stereocenters. The fraction of sp³-hybridized carbons (Fsp3) is 0.200. The number of nitrogens with one attached hydrogen (secondary N) is 1. The third-order valence-electron chi connectivity index (χ3n) is 5.29. The highest BCUT2D eigenvalue weighted by Crippen LogP contribution is 2.31. The van der Waals surface area contributed by atoms with Gasteiger partial charge in [0.2, 0.25) is 0 Å². The van der Waals surface area contributed by atoms with Crippen LogP contribution in [0.4, 0.5) is 19.0 Å². The molecule has 0 saturated heterocycles. The minimum absolute atomic E-state index is 0.279. The van der Waals surface area contributed by atoms with Crippen LogP contribution in [0, 0.1) is 6.92 Å². The lowest BCUT2D eigenvalue weighted by atomic mass is 10.1. The Bertz CT molecular complexity index is 1450. The Balaban J connectivity index is 1.20. The van der Waals surface area contributed by atoms with Gasteiger partial charge in [-0.2, -0.15) is 0 Å². The van der Waals surface area contributed by atoms with E-state index in [-0.39, 0.29) is 5.75 Å². The molecule has 0 radical (unpaired) electrons. The van der Waals surface area contributed by atoms with Crippen LogP contribution in [0.15, 0.2) is 65.7 Å². The van der Waals surface area contributed by atoms with E-state index in [1.807, 2.05) is 13.0 Å². The van der Waals surface area contributed by atoms with Gasteiger partial charge in [0.05, 0.1) is 34.8 Å². The second-order valence-electron chi connectivity index (χ2n) is 7.98. The normalized spacial score (nSPS) is 11.7. The molecular weight excluding hydrogens is 491 g/mol. The number of furan rings is 1. The fourth-order valence-electron chi connectivity index (χ4n) is 3.63. The molecule has 0 aliphatic carbocycles. The Kier molecular flexibility index (Phi) is 6.55. The third kappa shape index (κ3) is 5.62. The minimum Gasteiger partial charge on any atom is -0.472 e. The van der Waals surface area contributed by atoms with Gasteiger partial charge >= 0.3 is 6.36 Å². The van der Waals surface area contributed by atoms with Crippen LogP contribution in [0.25, 0.3) is 32.9 Å². The first kappa shape index (κ1) is 23.7. The summed E-state index contributed by atoms with van der Waals surface area (Å²) in [6.07, 6.45) is 3.29. The predicted molar refractivity (Wildman–Crippen MR) is 131 cm³/mol. The molecule has 0 aliphatic heterocycles. The average Bonchev–Trinajstić information content (AvgIpc) is 3.51. The predicted octanol–water partition coefficient (Wildman–Crippen LogP) is 6.66. The van der Waals surface area contributed by atoms with Gasteiger partial charge in [-0.05, 0) is 56.2 Å². The SMILES string of the molecule is Cc1cc2c(NCCCc3cnc(-c4ccc(OC(F)(F)F)cc4)cn3)nc(-c3ccoc3)nc2s1. The second kappa shape index (κ2) is 9.94. The van der Waals surface area contributed by atoms with E-state index in [0.717, 1.165) is 38.6 Å². The largest absolute Gasteiger partial charge is 0.573 e. The number of alkyl halides is 3. The van der Waals surface area contributed by atoms with Crippen molar-refractivity contribution in [1.82, 2.24) is 19.9 Å². The molecule has 0 amide bonds. The van der Waals surface area contributed by atoms with Crippen LogP contribution in [0.2, 0.25) is 0 Å². The van der Waals surface area contributed by atoms with Gasteiger partial charge in [0.1, 0.15) is 22.7 Å². The zero-order chi connectivity index (χ0) is 25.1. The summed E-state index contributed by atoms with van der Waals surface area (Å²) in [5.41, 5.74) is 2.86. The topological polar surface area (TPSA) is 86.0 Å². The Morgan fingerprint density at radius 3 is 2.56 bits per heavy atom. The first-order valence-corrected chi connectivity index (χ1v) is 11.9. The summed E-state index contributed by atoms with van der Waals surface area (Å²) in [5, 5.41) is 4.40. The van der Waals surface area contributed by atoms with Crippen LogP contribution in [0.5, 0.6) is 5.75 Å². The Labute approximate surface area is 208 Å². The lowest BCUT2D eigenvalue weighted by Gasteiger charge is -2.09. The molecule has 11 heteroatoms. The Morgan fingerprint density at radius 1 is 1.03 bits per heavy atom. The van der Waals surface area contributed by atoms with Gasteiger partial charge < -0.3 is 14.5 Å². The maximum atomic E-state index is 12.3. The van der Waals surface area contributed by atoms with E-state index < -0.39 is 6.36 Å². The highest BCUT2D eigenvalue weighted by molar-refractivity contribution is 7.18. The molecule has 184 valence electrons. The second-order valence-corrected chi connectivity index (χ2v) is 9.21. The summed E-state index contributed by atoms with van der Waals surface area (Å²) in [6.45, 7) is 2.72. The van der Waals surface area contributed by atoms with Crippen molar-refractivity contribution in [2.45, 2.75) is 26.1 Å². The van der Waals surface area contributed by atoms with E-state index in [4.69, 9.17) is 9.40 Å². The van der Waals surface area contributed by atoms with Crippen molar-refractivity contribution in [3.05, 3.63) is 71.9 Å². The van der Waals surface area contributed by atoms with Crippen LogP contribution in [0.3, 0.4) is 0 Å². The molecule has 0 saturated carbocycles. The number of hydrogen-bond donors (Lipinski definition) is 1. The molecule has 0 aliphatic rings. The number of thiophene rings is 1. The van der Waals surface area contributed by atoms with Crippen LogP contribution in [-0.2, 0) is 6.42 Å². The molecule has 1 N–H and O–H groups in total. The zero-order valence-electron chi connectivity index (χ0n) is 19.0. The van der Waals surface area contributed by atoms with Gasteiger partial charge in [0.15, 0.2) is 5.82 Å². The van der Waals surface area contributed by atoms with Crippen molar-refractivity contribution in [1.29, 1.82) is 0 Å². The Morgan fingerprint density at radius 2 is 1.86 bits per heavy atom. The van der Waals surface area contributed by atoms with Crippen molar-refractivity contribution < 1.29 is 22.3 Å². The molecule has 0 spiro atoms. The summed E-state index contributed by atoms with van der Waals surface area (Å²) in [6, 6.07) is 9.44. The molecule has 0 unspecified atom stereocenters. The average molecular weight is 512 g/mol. The highest BCUT2D eigenvalue weighted by atomic mass is 32.1. The number of rotatable bonds is 8. The van der Waals surface area contributed by atoms with Gasteiger partial charge in [0, 0.05) is 23.2 Å². The van der Waals surface area contributed by atoms with Crippen LogP contribution in [-0.4, -0.2) is 32.8 Å². The van der Waals surface area contributed by atoms with E-state index in [9.17, 15) is 13.2 Å². The van der Waals surface area contributed by atoms with Crippen LogP contribution < -0.4 is 10.1 Å². The summed E-state index contributed by atoms with van der Waals surface area (Å²) in [5.74, 6) is 1.11. The number of hydrogen-bond acceptors (Lipinski definition) is 8. The highest BCUT2D eigenvalue weighted by Gasteiger charge is 2.31. The molecule has 4 heterocycles. The number of halogens is 3. The number of aromatic nitrogens is 4. The molecule has 5 aromatic rings. The van der Waals surface area contributed by atoms with Crippen molar-refractivity contribution in [2.75, 3.05) is 11.9 Å². The van der Waals surface area contributed by atoms with Gasteiger partial charge in [-0.15, -0.1) is 24.5 Å². The molecular formula is C25H20F3N5O2S. The quantitative estimate of drug-likeness (QED) is 0.233. The Hall–Kier alpha value is -3.99. The van der Waals surface area contributed by atoms with Gasteiger partial charge in [-0.25, -0.2) is 9.97 Å². The van der Waals surface area contributed by atoms with E-state index in [2.05, 4.69) is 31.1 Å². The maximum Gasteiger partial charge on any atom is 0.573 e. The van der Waals surface area contributed by atoms with Crippen molar-refractivity contribution in [3.63, 3.8) is 0 Å². The van der Waals surface area contributed by atoms with Crippen LogP contribution >= 0.6 is 11.3 Å². The lowest BCUT2D eigenvalue weighted by molar-refractivity contribution is -0.274. The molecule has 7 nitrogen and oxygen atoms in total. The monoisotopic (exact) mass is 511 g/mol. The number of anilines is 1. The number of fused-ring (bicyclic) bond motifs is 1. The fourth-order valence-corrected chi connectivity index (χ4v) is 4.51. The summed E-state index contributed by atoms with van der Waals surface area (Å²) < 4.78 is 46.0. The zero-order valence-corrected chi connectivity index (χ0v) is 19.9. The summed E-state index contributed by atoms with van der Waals surface area (Å²) in [4.78, 5) is 20.3. The minimum atomic E-state index is -4.72. The standard InChI is InChI=1S/C25H20F3N5O2S/c1-15-11-20-23(32-22(33-24(20)36-15)17-8-10-34-14-17)29-9-2-3-18-12-31-21(13-30-18)16-4-6-19(7-5-16)35-25(26,27)28/h4-8,10-14H,2-3,9H2,1H3,(H,29,32,33). The van der Waals surface area contributed by atoms with Gasteiger partial charge in [-0.1, -0.05) is 0 Å². The number of nitrogens with zero attached hydrogens (tertiary/aromatic N) is 4. The molecule has 4 aromatic heterocycles. The lowest BCUT2D eigenvalue weighted by Crippen LogP contribution is -2.16. The maximum absolute atomic E-state index is 12.3. The first-order valence-electron chi connectivity index (χ1n) is 11.1. The van der Waals surface area contributed by atoms with Crippen LogP contribution in [0.1, 0.15) is 17.0 Å². The first-order chi connectivity index (χ1) is 17.3. The summed E-state index contributed by atoms with van der Waals surface area (Å²) >= 11 is 1.62. The molecule has 0 bridgehead atoms. The molecule has 0 fully saturated rings. The number of benzene rings is 1. The molecule has 36 heavy (non-hydrogen) atoms. The van der Waals surface area contributed by atoms with Gasteiger partial charge in [0.25, 0.3) is 0 Å². The van der Waals surface area contributed by atoms with Crippen molar-refractivity contribution in [2.24, 2.45) is 0 Å². The van der Waals surface area contributed by atoms with Gasteiger partial charge in [-0.3, -0.25) is 9.97 Å². The van der Waals surface area contributed by atoms with E-state index in [1.165, 1.54) is 24.3 Å². The number of ether oxygens (including phenoxy) is 1. The molecule has 5 rings (SSSR count). The summed E-state index contributed by atoms with van der Waals surface area (Å²) in [7, 11) is 0. The smallest absolute Gasteiger partial charge is 0.472 e. The molecule has 1 aromatic carbocycles. The van der Waals surface area contributed by atoms with E-state index in [0.29, 0.717) is 30.0 Å².